The molecule has 1 fully saturated rings. The van der Waals surface area contributed by atoms with Crippen molar-refractivity contribution in [2.45, 2.75) is 25.7 Å². The van der Waals surface area contributed by atoms with E-state index in [4.69, 9.17) is 29.3 Å². The number of carbonyl (C=O) groups excluding carboxylic acids is 1. The SMILES string of the molecule is COc1cc(NC(=O)CCN2CCCCC2)cc(OC)c1.O=C(O)C(=O)O. The minimum absolute atomic E-state index is 0.0240. The van der Waals surface area contributed by atoms with Crippen molar-refractivity contribution in [3.63, 3.8) is 0 Å². The van der Waals surface area contributed by atoms with Crippen LogP contribution in [0.25, 0.3) is 0 Å². The number of hydrogen-bond donors (Lipinski definition) is 3. The van der Waals surface area contributed by atoms with Gasteiger partial charge < -0.3 is 29.9 Å². The number of piperidine rings is 1. The highest BCUT2D eigenvalue weighted by molar-refractivity contribution is 6.27. The van der Waals surface area contributed by atoms with Crippen LogP contribution in [0.1, 0.15) is 25.7 Å². The van der Waals surface area contributed by atoms with Gasteiger partial charge in [-0.1, -0.05) is 6.42 Å². The Morgan fingerprint density at radius 2 is 1.48 bits per heavy atom. The van der Waals surface area contributed by atoms with Crippen LogP contribution in [0, 0.1) is 0 Å². The second kappa shape index (κ2) is 11.7. The zero-order valence-electron chi connectivity index (χ0n) is 15.6. The predicted octanol–water partition coefficient (Wildman–Crippen LogP) is 1.67. The van der Waals surface area contributed by atoms with Gasteiger partial charge in [0.1, 0.15) is 11.5 Å². The van der Waals surface area contributed by atoms with Crippen molar-refractivity contribution in [3.05, 3.63) is 18.2 Å². The summed E-state index contributed by atoms with van der Waals surface area (Å²) in [4.78, 5) is 32.6. The van der Waals surface area contributed by atoms with E-state index in [0.717, 1.165) is 19.6 Å². The van der Waals surface area contributed by atoms with Crippen molar-refractivity contribution in [2.24, 2.45) is 0 Å². The van der Waals surface area contributed by atoms with E-state index in [1.165, 1.54) is 19.3 Å². The van der Waals surface area contributed by atoms with E-state index < -0.39 is 11.9 Å². The molecule has 1 aliphatic rings. The summed E-state index contributed by atoms with van der Waals surface area (Å²) in [6, 6.07) is 5.37. The maximum absolute atomic E-state index is 12.0. The molecule has 1 aliphatic heterocycles. The minimum atomic E-state index is -1.82. The zero-order chi connectivity index (χ0) is 20.2. The van der Waals surface area contributed by atoms with Gasteiger partial charge in [0.05, 0.1) is 14.2 Å². The third-order valence-corrected chi connectivity index (χ3v) is 3.92. The summed E-state index contributed by atoms with van der Waals surface area (Å²) in [6.07, 6.45) is 4.31. The molecule has 1 aromatic carbocycles. The van der Waals surface area contributed by atoms with E-state index in [9.17, 15) is 4.79 Å². The first kappa shape index (κ1) is 22.2. The van der Waals surface area contributed by atoms with Crippen molar-refractivity contribution >= 4 is 23.5 Å². The van der Waals surface area contributed by atoms with Crippen molar-refractivity contribution in [1.29, 1.82) is 0 Å². The monoisotopic (exact) mass is 382 g/mol. The minimum Gasteiger partial charge on any atom is -0.497 e. The molecule has 0 aliphatic carbocycles. The standard InChI is InChI=1S/C16H24N2O3.C2H2O4/c1-20-14-10-13(11-15(12-14)21-2)17-16(19)6-9-18-7-4-3-5-8-18;3-1(4)2(5)6/h10-12H,3-9H2,1-2H3,(H,17,19);(H,3,4)(H,5,6). The summed E-state index contributed by atoms with van der Waals surface area (Å²) in [7, 11) is 3.19. The van der Waals surface area contributed by atoms with Gasteiger partial charge >= 0.3 is 11.9 Å². The summed E-state index contributed by atoms with van der Waals surface area (Å²) >= 11 is 0. The first-order valence-corrected chi connectivity index (χ1v) is 8.57. The lowest BCUT2D eigenvalue weighted by atomic mass is 10.1. The normalized spacial score (nSPS) is 13.7. The van der Waals surface area contributed by atoms with Crippen molar-refractivity contribution in [2.75, 3.05) is 39.2 Å². The molecular weight excluding hydrogens is 356 g/mol. The Balaban J connectivity index is 0.000000527. The Hall–Kier alpha value is -2.81. The number of carboxylic acid groups (broad SMARTS) is 2. The maximum atomic E-state index is 12.0. The number of carbonyl (C=O) groups is 3. The number of methoxy groups -OCH3 is 2. The van der Waals surface area contributed by atoms with Gasteiger partial charge in [0, 0.05) is 36.9 Å². The second-order valence-corrected chi connectivity index (χ2v) is 5.91. The van der Waals surface area contributed by atoms with Crippen LogP contribution in [0.3, 0.4) is 0 Å². The molecule has 0 atom stereocenters. The van der Waals surface area contributed by atoms with Gasteiger partial charge in [0.2, 0.25) is 5.91 Å². The highest BCUT2D eigenvalue weighted by Gasteiger charge is 2.12. The third-order valence-electron chi connectivity index (χ3n) is 3.92. The first-order chi connectivity index (χ1) is 12.8. The molecule has 27 heavy (non-hydrogen) atoms. The number of amides is 1. The zero-order valence-corrected chi connectivity index (χ0v) is 15.6. The highest BCUT2D eigenvalue weighted by Crippen LogP contribution is 2.25. The number of rotatable bonds is 6. The molecule has 1 saturated heterocycles. The van der Waals surface area contributed by atoms with E-state index in [-0.39, 0.29) is 5.91 Å². The molecule has 0 spiro atoms. The Bertz CT molecular complexity index is 608. The Morgan fingerprint density at radius 1 is 0.963 bits per heavy atom. The van der Waals surface area contributed by atoms with Crippen LogP contribution in [0.5, 0.6) is 11.5 Å². The van der Waals surface area contributed by atoms with Gasteiger partial charge in [-0.05, 0) is 25.9 Å². The van der Waals surface area contributed by atoms with Gasteiger partial charge in [-0.3, -0.25) is 4.79 Å². The van der Waals surface area contributed by atoms with Crippen LogP contribution in [-0.2, 0) is 14.4 Å². The van der Waals surface area contributed by atoms with Crippen LogP contribution in [0.15, 0.2) is 18.2 Å². The van der Waals surface area contributed by atoms with Gasteiger partial charge in [0.15, 0.2) is 0 Å². The maximum Gasteiger partial charge on any atom is 0.414 e. The number of anilines is 1. The molecule has 1 amide bonds. The molecule has 9 heteroatoms. The van der Waals surface area contributed by atoms with E-state index in [1.54, 1.807) is 32.4 Å². The van der Waals surface area contributed by atoms with Crippen molar-refractivity contribution in [3.8, 4) is 11.5 Å². The van der Waals surface area contributed by atoms with Gasteiger partial charge in [0.25, 0.3) is 0 Å². The molecule has 0 saturated carbocycles. The molecule has 3 N–H and O–H groups in total. The molecule has 2 rings (SSSR count). The predicted molar refractivity (Wildman–Crippen MR) is 98.4 cm³/mol. The first-order valence-electron chi connectivity index (χ1n) is 8.57. The molecule has 150 valence electrons. The number of carboxylic acids is 2. The van der Waals surface area contributed by atoms with Crippen molar-refractivity contribution < 1.29 is 34.1 Å². The smallest absolute Gasteiger partial charge is 0.414 e. The summed E-state index contributed by atoms with van der Waals surface area (Å²) in [5, 5.41) is 17.7. The number of ether oxygens (including phenoxy) is 2. The number of nitrogens with one attached hydrogen (secondary N) is 1. The number of likely N-dealkylation sites (tertiary alicyclic amines) is 1. The summed E-state index contributed by atoms with van der Waals surface area (Å²) in [5.74, 6) is -2.29. The fourth-order valence-electron chi connectivity index (χ4n) is 2.55. The molecule has 0 unspecified atom stereocenters. The molecular formula is C18H26N2O7. The lowest BCUT2D eigenvalue weighted by Crippen LogP contribution is -2.32. The van der Waals surface area contributed by atoms with Crippen LogP contribution >= 0.6 is 0 Å². The van der Waals surface area contributed by atoms with Gasteiger partial charge in [-0.25, -0.2) is 9.59 Å². The Kier molecular flexibility index (Phi) is 9.66. The van der Waals surface area contributed by atoms with Crippen molar-refractivity contribution in [1.82, 2.24) is 4.90 Å². The summed E-state index contributed by atoms with van der Waals surface area (Å²) < 4.78 is 10.4. The summed E-state index contributed by atoms with van der Waals surface area (Å²) in [5.41, 5.74) is 0.704. The fourth-order valence-corrected chi connectivity index (χ4v) is 2.55. The van der Waals surface area contributed by atoms with E-state index in [0.29, 0.717) is 23.6 Å². The molecule has 0 bridgehead atoms. The van der Waals surface area contributed by atoms with E-state index in [1.807, 2.05) is 0 Å². The highest BCUT2D eigenvalue weighted by atomic mass is 16.5. The van der Waals surface area contributed by atoms with Crippen LogP contribution < -0.4 is 14.8 Å². The Morgan fingerprint density at radius 3 is 1.93 bits per heavy atom. The number of nitrogens with zero attached hydrogens (tertiary/aromatic N) is 1. The molecule has 1 heterocycles. The quantitative estimate of drug-likeness (QED) is 0.635. The van der Waals surface area contributed by atoms with Crippen LogP contribution in [-0.4, -0.2) is 66.8 Å². The molecule has 0 aromatic heterocycles. The summed E-state index contributed by atoms with van der Waals surface area (Å²) in [6.45, 7) is 3.05. The third kappa shape index (κ3) is 8.91. The molecule has 9 nitrogen and oxygen atoms in total. The average Bonchev–Trinajstić information content (AvgIpc) is 2.67. The lowest BCUT2D eigenvalue weighted by molar-refractivity contribution is -0.159. The van der Waals surface area contributed by atoms with E-state index in [2.05, 4.69) is 10.2 Å². The Labute approximate surface area is 157 Å². The number of aliphatic carboxylic acids is 2. The number of hydrogen-bond acceptors (Lipinski definition) is 6. The molecule has 1 aromatic rings. The fraction of sp³-hybridized carbons (Fsp3) is 0.500. The van der Waals surface area contributed by atoms with Crippen LogP contribution in [0.2, 0.25) is 0 Å². The average molecular weight is 382 g/mol. The lowest BCUT2D eigenvalue weighted by Gasteiger charge is -2.25. The molecule has 0 radical (unpaired) electrons. The topological polar surface area (TPSA) is 125 Å². The van der Waals surface area contributed by atoms with Crippen LogP contribution in [0.4, 0.5) is 5.69 Å². The second-order valence-electron chi connectivity index (χ2n) is 5.91. The van der Waals surface area contributed by atoms with Gasteiger partial charge in [-0.15, -0.1) is 0 Å². The van der Waals surface area contributed by atoms with Gasteiger partial charge in [-0.2, -0.15) is 0 Å². The van der Waals surface area contributed by atoms with E-state index >= 15 is 0 Å². The number of benzene rings is 1. The largest absolute Gasteiger partial charge is 0.497 e.